The van der Waals surface area contributed by atoms with Crippen LogP contribution in [0.15, 0.2) is 82.8 Å². The second-order valence-electron chi connectivity index (χ2n) is 6.92. The van der Waals surface area contributed by atoms with Crippen molar-refractivity contribution >= 4 is 45.5 Å². The molecule has 2 amide bonds. The van der Waals surface area contributed by atoms with Crippen LogP contribution in [-0.4, -0.2) is 17.8 Å². The van der Waals surface area contributed by atoms with Crippen LogP contribution in [0.5, 0.6) is 5.75 Å². The molecule has 0 aromatic heterocycles. The lowest BCUT2D eigenvalue weighted by molar-refractivity contribution is -0.117. The summed E-state index contributed by atoms with van der Waals surface area (Å²) in [6, 6.07) is 20.8. The Morgan fingerprint density at radius 2 is 1.77 bits per heavy atom. The quantitative estimate of drug-likeness (QED) is 0.261. The van der Waals surface area contributed by atoms with Crippen molar-refractivity contribution in [3.05, 3.63) is 99.5 Å². The molecule has 0 spiro atoms. The maximum atomic E-state index is 12.9. The summed E-state index contributed by atoms with van der Waals surface area (Å²) in [5.74, 6) is -1.32. The highest BCUT2D eigenvalue weighted by Crippen LogP contribution is 2.28. The summed E-state index contributed by atoms with van der Waals surface area (Å²) in [7, 11) is 0. The number of para-hydroxylation sites is 1. The van der Waals surface area contributed by atoms with Gasteiger partial charge in [-0.2, -0.15) is 0 Å². The molecule has 0 saturated carbocycles. The predicted molar refractivity (Wildman–Crippen MR) is 120 cm³/mol. The van der Waals surface area contributed by atoms with Crippen LogP contribution in [0.1, 0.15) is 21.5 Å². The number of hydrogen-bond donors (Lipinski definition) is 1. The molecule has 0 aliphatic carbocycles. The molecule has 0 unspecified atom stereocenters. The Kier molecular flexibility index (Phi) is 5.68. The van der Waals surface area contributed by atoms with Crippen molar-refractivity contribution in [1.82, 2.24) is 5.43 Å². The average molecular weight is 477 g/mol. The van der Waals surface area contributed by atoms with E-state index in [1.54, 1.807) is 60.7 Å². The Morgan fingerprint density at radius 3 is 2.52 bits per heavy atom. The van der Waals surface area contributed by atoms with Gasteiger partial charge < -0.3 is 4.74 Å². The number of benzene rings is 3. The second kappa shape index (κ2) is 8.57. The second-order valence-corrected chi connectivity index (χ2v) is 7.83. The summed E-state index contributed by atoms with van der Waals surface area (Å²) in [4.78, 5) is 37.9. The van der Waals surface area contributed by atoms with Crippen molar-refractivity contribution in [2.45, 2.75) is 6.92 Å². The molecule has 1 N–H and O–H groups in total. The van der Waals surface area contributed by atoms with Gasteiger partial charge in [-0.15, -0.1) is 0 Å². The van der Waals surface area contributed by atoms with Gasteiger partial charge in [0.1, 0.15) is 11.3 Å². The number of hydrazine groups is 1. The lowest BCUT2D eigenvalue weighted by Crippen LogP contribution is -2.35. The summed E-state index contributed by atoms with van der Waals surface area (Å²) in [5, 5.41) is 1.19. The largest absolute Gasteiger partial charge is 0.422 e. The Balaban J connectivity index is 1.66. The van der Waals surface area contributed by atoms with Crippen LogP contribution in [0.3, 0.4) is 0 Å². The molecule has 0 bridgehead atoms. The molecule has 1 aliphatic heterocycles. The van der Waals surface area contributed by atoms with Crippen molar-refractivity contribution in [3.8, 4) is 5.75 Å². The van der Waals surface area contributed by atoms with Gasteiger partial charge in [-0.25, -0.2) is 9.80 Å². The maximum absolute atomic E-state index is 12.9. The Labute approximate surface area is 187 Å². The van der Waals surface area contributed by atoms with Crippen molar-refractivity contribution in [2.24, 2.45) is 0 Å². The third-order valence-electron chi connectivity index (χ3n) is 4.63. The van der Waals surface area contributed by atoms with Crippen LogP contribution in [0.25, 0.3) is 6.08 Å². The first-order chi connectivity index (χ1) is 14.9. The van der Waals surface area contributed by atoms with Gasteiger partial charge in [0.05, 0.1) is 11.3 Å². The number of halogens is 1. The minimum absolute atomic E-state index is 0.0604. The van der Waals surface area contributed by atoms with Gasteiger partial charge in [-0.05, 0) is 55.5 Å². The number of anilines is 1. The fraction of sp³-hybridized carbons (Fsp3) is 0.0417. The molecule has 0 atom stereocenters. The highest BCUT2D eigenvalue weighted by atomic mass is 79.9. The fourth-order valence-corrected chi connectivity index (χ4v) is 3.51. The summed E-state index contributed by atoms with van der Waals surface area (Å²) in [6.07, 6.45) is 1.42. The van der Waals surface area contributed by atoms with E-state index in [1.165, 1.54) is 11.1 Å². The molecule has 31 heavy (non-hydrogen) atoms. The lowest BCUT2D eigenvalue weighted by Gasteiger charge is -2.14. The number of nitrogens with zero attached hydrogens (tertiary/aromatic N) is 1. The number of nitrogens with one attached hydrogen (secondary N) is 1. The summed E-state index contributed by atoms with van der Waals surface area (Å²) in [5.41, 5.74) is 4.80. The van der Waals surface area contributed by atoms with E-state index >= 15 is 0 Å². The Hall–Kier alpha value is -3.71. The lowest BCUT2D eigenvalue weighted by atomic mass is 10.1. The van der Waals surface area contributed by atoms with Crippen LogP contribution in [-0.2, 0) is 9.59 Å². The van der Waals surface area contributed by atoms with E-state index in [-0.39, 0.29) is 11.3 Å². The van der Waals surface area contributed by atoms with E-state index in [0.717, 1.165) is 5.56 Å². The van der Waals surface area contributed by atoms with Crippen LogP contribution in [0, 0.1) is 6.92 Å². The van der Waals surface area contributed by atoms with Gasteiger partial charge in [0.15, 0.2) is 0 Å². The summed E-state index contributed by atoms with van der Waals surface area (Å²) < 4.78 is 6.28. The Bertz CT molecular complexity index is 1220. The molecule has 4 rings (SSSR count). The smallest absolute Gasteiger partial charge is 0.343 e. The highest BCUT2D eigenvalue weighted by Gasteiger charge is 2.34. The van der Waals surface area contributed by atoms with Crippen molar-refractivity contribution < 1.29 is 19.1 Å². The van der Waals surface area contributed by atoms with Crippen LogP contribution in [0.2, 0.25) is 0 Å². The zero-order chi connectivity index (χ0) is 22.0. The molecular formula is C24H17BrN2O4. The molecule has 3 aromatic carbocycles. The third kappa shape index (κ3) is 4.41. The van der Waals surface area contributed by atoms with Gasteiger partial charge in [-0.1, -0.05) is 51.8 Å². The monoisotopic (exact) mass is 476 g/mol. The molecule has 1 heterocycles. The number of carbonyl (C=O) groups is 3. The molecule has 1 fully saturated rings. The number of amides is 2. The van der Waals surface area contributed by atoms with E-state index in [2.05, 4.69) is 21.4 Å². The number of rotatable bonds is 4. The predicted octanol–water partition coefficient (Wildman–Crippen LogP) is 4.44. The number of hydrogen-bond acceptors (Lipinski definition) is 4. The van der Waals surface area contributed by atoms with E-state index in [1.807, 2.05) is 19.1 Å². The zero-order valence-electron chi connectivity index (χ0n) is 16.5. The minimum Gasteiger partial charge on any atom is -0.422 e. The first-order valence-electron chi connectivity index (χ1n) is 9.43. The maximum Gasteiger partial charge on any atom is 0.343 e. The van der Waals surface area contributed by atoms with Gasteiger partial charge >= 0.3 is 5.97 Å². The minimum atomic E-state index is -0.537. The SMILES string of the molecule is Cc1cccc(C(=O)Oc2ccc(Br)cc2/C=C2\C(=O)NN(c3ccccc3)C2=O)c1. The van der Waals surface area contributed by atoms with E-state index in [9.17, 15) is 14.4 Å². The van der Waals surface area contributed by atoms with Gasteiger partial charge in [-0.3, -0.25) is 15.0 Å². The third-order valence-corrected chi connectivity index (χ3v) is 5.13. The standard InChI is InChI=1S/C24H17BrN2O4/c1-15-6-5-7-16(12-15)24(30)31-21-11-10-18(25)13-17(21)14-20-22(28)26-27(23(20)29)19-8-3-2-4-9-19/h2-14H,1H3,(H,26,28)/b20-14+. The fourth-order valence-electron chi connectivity index (χ4n) is 3.13. The molecule has 1 aliphatic rings. The van der Waals surface area contributed by atoms with E-state index in [4.69, 9.17) is 4.74 Å². The van der Waals surface area contributed by atoms with Crippen LogP contribution in [0.4, 0.5) is 5.69 Å². The number of aryl methyl sites for hydroxylation is 1. The van der Waals surface area contributed by atoms with E-state index in [0.29, 0.717) is 21.3 Å². The molecule has 154 valence electrons. The number of ether oxygens (including phenoxy) is 1. The zero-order valence-corrected chi connectivity index (χ0v) is 18.0. The molecule has 6 nitrogen and oxygen atoms in total. The van der Waals surface area contributed by atoms with E-state index < -0.39 is 17.8 Å². The van der Waals surface area contributed by atoms with Gasteiger partial charge in [0, 0.05) is 10.0 Å². The normalized spacial score (nSPS) is 14.6. The molecule has 7 heteroatoms. The first kappa shape index (κ1) is 20.6. The van der Waals surface area contributed by atoms with Gasteiger partial charge in [0.25, 0.3) is 11.8 Å². The average Bonchev–Trinajstić information content (AvgIpc) is 3.04. The highest BCUT2D eigenvalue weighted by molar-refractivity contribution is 9.10. The number of esters is 1. The topological polar surface area (TPSA) is 75.7 Å². The summed E-state index contributed by atoms with van der Waals surface area (Å²) in [6.45, 7) is 1.88. The van der Waals surface area contributed by atoms with Crippen LogP contribution < -0.4 is 15.2 Å². The first-order valence-corrected chi connectivity index (χ1v) is 10.2. The molecule has 0 radical (unpaired) electrons. The molecular weight excluding hydrogens is 460 g/mol. The molecule has 1 saturated heterocycles. The van der Waals surface area contributed by atoms with Crippen LogP contribution >= 0.6 is 15.9 Å². The Morgan fingerprint density at radius 1 is 1.00 bits per heavy atom. The van der Waals surface area contributed by atoms with Gasteiger partial charge in [0.2, 0.25) is 0 Å². The van der Waals surface area contributed by atoms with Crippen molar-refractivity contribution in [1.29, 1.82) is 0 Å². The molecule has 3 aromatic rings. The summed E-state index contributed by atoms with van der Waals surface area (Å²) >= 11 is 3.38. The van der Waals surface area contributed by atoms with Crippen molar-refractivity contribution in [2.75, 3.05) is 5.01 Å². The van der Waals surface area contributed by atoms with Crippen molar-refractivity contribution in [3.63, 3.8) is 0 Å². The number of carbonyl (C=O) groups excluding carboxylic acids is 3.